The first-order chi connectivity index (χ1) is 22.8. The van der Waals surface area contributed by atoms with Gasteiger partial charge in [-0.05, 0) is 47.2 Å². The molecule has 0 fully saturated rings. The van der Waals surface area contributed by atoms with Crippen LogP contribution in [0.2, 0.25) is 0 Å². The lowest BCUT2D eigenvalue weighted by molar-refractivity contribution is -0.705. The second kappa shape index (κ2) is 22.9. The molecule has 0 radical (unpaired) electrons. The predicted octanol–water partition coefficient (Wildman–Crippen LogP) is 7.62. The molecule has 0 aliphatic heterocycles. The number of hydrogen-bond acceptors (Lipinski definition) is 3. The number of hydrogen-bond donors (Lipinski definition) is 0. The molecule has 3 aromatic rings. The molecule has 0 aliphatic carbocycles. The molecule has 0 bridgehead atoms. The van der Waals surface area contributed by atoms with Gasteiger partial charge in [0.25, 0.3) is 5.91 Å². The SMILES string of the molecule is CCCCCCCCCCCCCCOc1ccc(CN(Cc2cccc[n+]2CCC)C(=O)c2ccccc2OC)cc1C(C)(C)C.[I-]. The van der Waals surface area contributed by atoms with Crippen molar-refractivity contribution in [2.45, 2.75) is 143 Å². The van der Waals surface area contributed by atoms with E-state index in [2.05, 4.69) is 75.7 Å². The molecule has 0 unspecified atom stereocenters. The van der Waals surface area contributed by atoms with E-state index in [1.54, 1.807) is 7.11 Å². The molecule has 0 atom stereocenters. The van der Waals surface area contributed by atoms with Gasteiger partial charge in [0.1, 0.15) is 24.6 Å². The average molecular weight is 771 g/mol. The molecule has 5 nitrogen and oxygen atoms in total. The molecular formula is C42H63IN2O3. The van der Waals surface area contributed by atoms with Crippen LogP contribution in [0, 0.1) is 0 Å². The summed E-state index contributed by atoms with van der Waals surface area (Å²) in [7, 11) is 1.62. The molecule has 0 saturated carbocycles. The number of carbonyl (C=O) groups is 1. The molecule has 1 amide bonds. The van der Waals surface area contributed by atoms with Crippen molar-refractivity contribution < 1.29 is 42.8 Å². The van der Waals surface area contributed by atoms with Crippen LogP contribution in [0.4, 0.5) is 0 Å². The van der Waals surface area contributed by atoms with E-state index in [1.807, 2.05) is 35.2 Å². The first-order valence-corrected chi connectivity index (χ1v) is 18.4. The summed E-state index contributed by atoms with van der Waals surface area (Å²) in [6.45, 7) is 13.8. The smallest absolute Gasteiger partial charge is 0.258 e. The Balaban J connectivity index is 0.00000800. The van der Waals surface area contributed by atoms with Gasteiger partial charge in [-0.3, -0.25) is 4.79 Å². The van der Waals surface area contributed by atoms with Crippen molar-refractivity contribution in [3.05, 3.63) is 89.2 Å². The molecule has 0 spiro atoms. The van der Waals surface area contributed by atoms with Crippen LogP contribution in [-0.4, -0.2) is 24.5 Å². The first-order valence-electron chi connectivity index (χ1n) is 18.4. The Morgan fingerprint density at radius 1 is 0.729 bits per heavy atom. The largest absolute Gasteiger partial charge is 1.00 e. The Morgan fingerprint density at radius 2 is 1.35 bits per heavy atom. The van der Waals surface area contributed by atoms with Gasteiger partial charge < -0.3 is 38.4 Å². The zero-order valence-electron chi connectivity index (χ0n) is 30.9. The molecule has 0 N–H and O–H groups in total. The number of pyridine rings is 1. The van der Waals surface area contributed by atoms with Crippen molar-refractivity contribution in [2.75, 3.05) is 13.7 Å². The summed E-state index contributed by atoms with van der Waals surface area (Å²) in [5, 5.41) is 0. The van der Waals surface area contributed by atoms with Gasteiger partial charge in [-0.15, -0.1) is 0 Å². The van der Waals surface area contributed by atoms with Crippen LogP contribution in [0.25, 0.3) is 0 Å². The second-order valence-electron chi connectivity index (χ2n) is 14.1. The van der Waals surface area contributed by atoms with E-state index in [9.17, 15) is 4.79 Å². The number of amides is 1. The van der Waals surface area contributed by atoms with E-state index in [1.165, 1.54) is 76.2 Å². The third-order valence-electron chi connectivity index (χ3n) is 8.96. The van der Waals surface area contributed by atoms with Gasteiger partial charge in [-0.25, -0.2) is 4.57 Å². The maximum atomic E-state index is 14.1. The summed E-state index contributed by atoms with van der Waals surface area (Å²) in [6.07, 6.45) is 19.1. The highest BCUT2D eigenvalue weighted by Gasteiger charge is 2.25. The fraction of sp³-hybridized carbons (Fsp3) is 0.571. The number of aromatic nitrogens is 1. The fourth-order valence-electron chi connectivity index (χ4n) is 6.23. The zero-order valence-corrected chi connectivity index (χ0v) is 33.0. The number of nitrogens with zero attached hydrogens (tertiary/aromatic N) is 2. The van der Waals surface area contributed by atoms with Crippen LogP contribution in [0.3, 0.4) is 0 Å². The molecule has 1 aromatic heterocycles. The van der Waals surface area contributed by atoms with Crippen LogP contribution in [0.1, 0.15) is 145 Å². The number of ether oxygens (including phenoxy) is 2. The maximum absolute atomic E-state index is 14.1. The third kappa shape index (κ3) is 14.1. The van der Waals surface area contributed by atoms with Crippen molar-refractivity contribution in [3.63, 3.8) is 0 Å². The summed E-state index contributed by atoms with van der Waals surface area (Å²) in [5.41, 5.74) is 3.86. The number of para-hydroxylation sites is 1. The van der Waals surface area contributed by atoms with Crippen LogP contribution in [0.5, 0.6) is 11.5 Å². The van der Waals surface area contributed by atoms with Gasteiger partial charge in [-0.2, -0.15) is 0 Å². The van der Waals surface area contributed by atoms with Gasteiger partial charge in [-0.1, -0.05) is 130 Å². The molecule has 3 rings (SSSR count). The first kappa shape index (κ1) is 41.6. The van der Waals surface area contributed by atoms with Crippen molar-refractivity contribution in [1.29, 1.82) is 0 Å². The molecule has 2 aromatic carbocycles. The molecule has 1 heterocycles. The van der Waals surface area contributed by atoms with E-state index in [0.29, 0.717) is 24.4 Å². The number of unbranched alkanes of at least 4 members (excludes halogenated alkanes) is 11. The lowest BCUT2D eigenvalue weighted by Crippen LogP contribution is -3.00. The normalized spacial score (nSPS) is 11.2. The van der Waals surface area contributed by atoms with Crippen LogP contribution in [-0.2, 0) is 25.0 Å². The minimum absolute atomic E-state index is 0. The van der Waals surface area contributed by atoms with E-state index in [0.717, 1.165) is 43.0 Å². The summed E-state index contributed by atoms with van der Waals surface area (Å²) in [6, 6.07) is 20.2. The summed E-state index contributed by atoms with van der Waals surface area (Å²) in [4.78, 5) is 16.1. The number of halogens is 1. The Kier molecular flexibility index (Phi) is 19.8. The lowest BCUT2D eigenvalue weighted by Gasteiger charge is -2.26. The predicted molar refractivity (Wildman–Crippen MR) is 195 cm³/mol. The highest BCUT2D eigenvalue weighted by Crippen LogP contribution is 2.33. The summed E-state index contributed by atoms with van der Waals surface area (Å²) < 4.78 is 14.2. The van der Waals surface area contributed by atoms with Crippen molar-refractivity contribution >= 4 is 5.91 Å². The quantitative estimate of drug-likeness (QED) is 0.0601. The fourth-order valence-corrected chi connectivity index (χ4v) is 6.23. The Morgan fingerprint density at radius 3 is 1.98 bits per heavy atom. The Bertz CT molecular complexity index is 1340. The van der Waals surface area contributed by atoms with Gasteiger partial charge in [0.2, 0.25) is 5.69 Å². The molecule has 266 valence electrons. The minimum Gasteiger partial charge on any atom is -1.00 e. The number of aryl methyl sites for hydroxylation is 1. The van der Waals surface area contributed by atoms with Gasteiger partial charge in [0.05, 0.1) is 19.3 Å². The maximum Gasteiger partial charge on any atom is 0.258 e. The van der Waals surface area contributed by atoms with E-state index in [4.69, 9.17) is 9.47 Å². The average Bonchev–Trinajstić information content (AvgIpc) is 3.07. The van der Waals surface area contributed by atoms with Gasteiger partial charge in [0, 0.05) is 25.1 Å². The standard InChI is InChI=1S/C42H63N2O3.HI/c1-7-9-10-11-12-13-14-15-16-17-18-23-31-47-40-28-27-35(32-38(40)42(3,4)5)33-44(34-36-24-21-22-30-43(36)29-8-2)41(45)37-25-19-20-26-39(37)46-6;/h19-22,24-28,30,32H,7-18,23,29,31,33-34H2,1-6H3;1H/q+1;/p-1. The van der Waals surface area contributed by atoms with Crippen molar-refractivity contribution in [3.8, 4) is 11.5 Å². The third-order valence-corrected chi connectivity index (χ3v) is 8.96. The van der Waals surface area contributed by atoms with Crippen LogP contribution in [0.15, 0.2) is 66.9 Å². The summed E-state index contributed by atoms with van der Waals surface area (Å²) in [5.74, 6) is 1.50. The van der Waals surface area contributed by atoms with E-state index < -0.39 is 0 Å². The molecule has 6 heteroatoms. The molecule has 0 aliphatic rings. The van der Waals surface area contributed by atoms with E-state index >= 15 is 0 Å². The molecular weight excluding hydrogens is 707 g/mol. The molecule has 48 heavy (non-hydrogen) atoms. The van der Waals surface area contributed by atoms with Gasteiger partial charge in [0.15, 0.2) is 6.20 Å². The van der Waals surface area contributed by atoms with E-state index in [-0.39, 0.29) is 35.3 Å². The lowest BCUT2D eigenvalue weighted by atomic mass is 9.85. The Labute approximate surface area is 309 Å². The van der Waals surface area contributed by atoms with Gasteiger partial charge >= 0.3 is 0 Å². The summed E-state index contributed by atoms with van der Waals surface area (Å²) >= 11 is 0. The minimum atomic E-state index is -0.0943. The Hall–Kier alpha value is -2.61. The number of carbonyl (C=O) groups excluding carboxylic acids is 1. The van der Waals surface area contributed by atoms with Crippen LogP contribution < -0.4 is 38.0 Å². The van der Waals surface area contributed by atoms with Crippen molar-refractivity contribution in [1.82, 2.24) is 4.90 Å². The number of rotatable bonds is 22. The topological polar surface area (TPSA) is 42.7 Å². The second-order valence-corrected chi connectivity index (χ2v) is 14.1. The highest BCUT2D eigenvalue weighted by atomic mass is 127. The van der Waals surface area contributed by atoms with Crippen LogP contribution >= 0.6 is 0 Å². The monoisotopic (exact) mass is 770 g/mol. The highest BCUT2D eigenvalue weighted by molar-refractivity contribution is 5.96. The zero-order chi connectivity index (χ0) is 33.9. The number of methoxy groups -OCH3 is 1. The molecule has 0 saturated heterocycles. The van der Waals surface area contributed by atoms with Crippen molar-refractivity contribution in [2.24, 2.45) is 0 Å². The number of benzene rings is 2.